The summed E-state index contributed by atoms with van der Waals surface area (Å²) in [5.41, 5.74) is 0.458. The normalized spacial score (nSPS) is 12.1. The zero-order chi connectivity index (χ0) is 14.7. The van der Waals surface area contributed by atoms with Crippen LogP contribution in [0.2, 0.25) is 0 Å². The van der Waals surface area contributed by atoms with Crippen LogP contribution in [0.4, 0.5) is 0 Å². The predicted octanol–water partition coefficient (Wildman–Crippen LogP) is 3.20. The highest BCUT2D eigenvalue weighted by atomic mass is 79.9. The molecule has 1 amide bonds. The molecule has 0 spiro atoms. The minimum absolute atomic E-state index is 0.349. The summed E-state index contributed by atoms with van der Waals surface area (Å²) < 4.78 is 0.971. The van der Waals surface area contributed by atoms with Crippen molar-refractivity contribution in [2.45, 2.75) is 19.4 Å². The van der Waals surface area contributed by atoms with E-state index in [9.17, 15) is 9.59 Å². The number of amides is 1. The maximum atomic E-state index is 12.0. The summed E-state index contributed by atoms with van der Waals surface area (Å²) in [6, 6.07) is 10.2. The molecule has 0 bridgehead atoms. The molecule has 4 nitrogen and oxygen atoms in total. The van der Waals surface area contributed by atoms with Gasteiger partial charge in [0.1, 0.15) is 6.04 Å². The van der Waals surface area contributed by atoms with Crippen molar-refractivity contribution in [3.05, 3.63) is 46.4 Å². The first kappa shape index (κ1) is 14.5. The van der Waals surface area contributed by atoms with Gasteiger partial charge in [-0.05, 0) is 41.5 Å². The van der Waals surface area contributed by atoms with Gasteiger partial charge in [0.05, 0.1) is 0 Å². The lowest BCUT2D eigenvalue weighted by atomic mass is 10.1. The van der Waals surface area contributed by atoms with Gasteiger partial charge < -0.3 is 10.4 Å². The maximum absolute atomic E-state index is 12.0. The van der Waals surface area contributed by atoms with Gasteiger partial charge in [-0.25, -0.2) is 4.79 Å². The molecule has 0 aromatic heterocycles. The highest BCUT2D eigenvalue weighted by molar-refractivity contribution is 9.10. The van der Waals surface area contributed by atoms with E-state index in [0.717, 1.165) is 15.2 Å². The Morgan fingerprint density at radius 3 is 2.50 bits per heavy atom. The second kappa shape index (κ2) is 6.05. The predicted molar refractivity (Wildman–Crippen MR) is 80.8 cm³/mol. The van der Waals surface area contributed by atoms with Crippen LogP contribution in [0.15, 0.2) is 40.9 Å². The molecule has 0 radical (unpaired) electrons. The van der Waals surface area contributed by atoms with Crippen LogP contribution in [0.5, 0.6) is 0 Å². The fourth-order valence-electron chi connectivity index (χ4n) is 1.94. The highest BCUT2D eigenvalue weighted by Gasteiger charge is 2.18. The van der Waals surface area contributed by atoms with E-state index in [2.05, 4.69) is 21.2 Å². The molecule has 0 fully saturated rings. The second-order valence-corrected chi connectivity index (χ2v) is 5.39. The summed E-state index contributed by atoms with van der Waals surface area (Å²) in [5, 5.41) is 13.4. The van der Waals surface area contributed by atoms with Crippen molar-refractivity contribution in [1.82, 2.24) is 5.32 Å². The number of hydrogen-bond donors (Lipinski definition) is 2. The number of rotatable bonds is 4. The van der Waals surface area contributed by atoms with E-state index in [4.69, 9.17) is 5.11 Å². The molecule has 2 aromatic rings. The van der Waals surface area contributed by atoms with E-state index < -0.39 is 12.0 Å². The van der Waals surface area contributed by atoms with Crippen LogP contribution in [-0.4, -0.2) is 23.0 Å². The summed E-state index contributed by atoms with van der Waals surface area (Å²) in [6.07, 6.45) is 0.349. The SMILES string of the molecule is CCC(NC(=O)c1ccc2cc(Br)ccc2c1)C(=O)O. The highest BCUT2D eigenvalue weighted by Crippen LogP contribution is 2.21. The molecule has 0 saturated heterocycles. The van der Waals surface area contributed by atoms with Gasteiger partial charge in [-0.1, -0.05) is 35.0 Å². The van der Waals surface area contributed by atoms with Crippen molar-refractivity contribution in [1.29, 1.82) is 0 Å². The zero-order valence-corrected chi connectivity index (χ0v) is 12.5. The molecule has 1 atom stereocenters. The Kier molecular flexibility index (Phi) is 4.39. The van der Waals surface area contributed by atoms with Gasteiger partial charge in [-0.3, -0.25) is 4.79 Å². The average molecular weight is 336 g/mol. The summed E-state index contributed by atoms with van der Waals surface area (Å²) >= 11 is 3.39. The number of carbonyl (C=O) groups is 2. The number of benzene rings is 2. The van der Waals surface area contributed by atoms with E-state index in [-0.39, 0.29) is 5.91 Å². The number of nitrogens with one attached hydrogen (secondary N) is 1. The second-order valence-electron chi connectivity index (χ2n) is 4.48. The molecular formula is C15H14BrNO3. The number of carbonyl (C=O) groups excluding carboxylic acids is 1. The number of carboxylic acid groups (broad SMARTS) is 1. The Balaban J connectivity index is 2.26. The number of hydrogen-bond acceptors (Lipinski definition) is 2. The summed E-state index contributed by atoms with van der Waals surface area (Å²) in [4.78, 5) is 23.0. The molecule has 2 N–H and O–H groups in total. The smallest absolute Gasteiger partial charge is 0.326 e. The van der Waals surface area contributed by atoms with Crippen LogP contribution < -0.4 is 5.32 Å². The van der Waals surface area contributed by atoms with Gasteiger partial charge in [0.25, 0.3) is 5.91 Å². The maximum Gasteiger partial charge on any atom is 0.326 e. The Morgan fingerprint density at radius 1 is 1.20 bits per heavy atom. The average Bonchev–Trinajstić information content (AvgIpc) is 2.43. The number of aliphatic carboxylic acids is 1. The molecule has 20 heavy (non-hydrogen) atoms. The molecule has 2 rings (SSSR count). The number of halogens is 1. The van der Waals surface area contributed by atoms with Gasteiger partial charge in [-0.15, -0.1) is 0 Å². The van der Waals surface area contributed by atoms with Crippen molar-refractivity contribution >= 4 is 38.6 Å². The van der Waals surface area contributed by atoms with Gasteiger partial charge in [0.2, 0.25) is 0 Å². The monoisotopic (exact) mass is 335 g/mol. The molecule has 0 saturated carbocycles. The minimum atomic E-state index is -1.02. The first-order valence-corrected chi connectivity index (χ1v) is 7.03. The molecule has 5 heteroatoms. The van der Waals surface area contributed by atoms with E-state index >= 15 is 0 Å². The summed E-state index contributed by atoms with van der Waals surface area (Å²) in [7, 11) is 0. The van der Waals surface area contributed by atoms with Crippen molar-refractivity contribution in [3.63, 3.8) is 0 Å². The first-order valence-electron chi connectivity index (χ1n) is 6.24. The topological polar surface area (TPSA) is 66.4 Å². The zero-order valence-electron chi connectivity index (χ0n) is 10.9. The lowest BCUT2D eigenvalue weighted by Crippen LogP contribution is -2.40. The first-order chi connectivity index (χ1) is 9.51. The largest absolute Gasteiger partial charge is 0.480 e. The van der Waals surface area contributed by atoms with Crippen molar-refractivity contribution < 1.29 is 14.7 Å². The van der Waals surface area contributed by atoms with Gasteiger partial charge in [0, 0.05) is 10.0 Å². The summed E-state index contributed by atoms with van der Waals surface area (Å²) in [6.45, 7) is 1.72. The standard InChI is InChI=1S/C15H14BrNO3/c1-2-13(15(19)20)17-14(18)11-4-3-10-8-12(16)6-5-9(10)7-11/h3-8,13H,2H2,1H3,(H,17,18)(H,19,20). The molecule has 0 aliphatic rings. The van der Waals surface area contributed by atoms with E-state index in [1.807, 2.05) is 24.3 Å². The Labute approximate surface area is 124 Å². The fraction of sp³-hybridized carbons (Fsp3) is 0.200. The van der Waals surface area contributed by atoms with Crippen molar-refractivity contribution in [3.8, 4) is 0 Å². The number of fused-ring (bicyclic) bond motifs is 1. The Bertz CT molecular complexity index is 669. The quantitative estimate of drug-likeness (QED) is 0.901. The van der Waals surface area contributed by atoms with Crippen LogP contribution in [0.25, 0.3) is 10.8 Å². The van der Waals surface area contributed by atoms with Gasteiger partial charge >= 0.3 is 5.97 Å². The van der Waals surface area contributed by atoms with E-state index in [1.54, 1.807) is 19.1 Å². The van der Waals surface area contributed by atoms with E-state index in [1.165, 1.54) is 0 Å². The van der Waals surface area contributed by atoms with Crippen LogP contribution >= 0.6 is 15.9 Å². The fourth-order valence-corrected chi connectivity index (χ4v) is 2.32. The lowest BCUT2D eigenvalue weighted by Gasteiger charge is -2.12. The lowest BCUT2D eigenvalue weighted by molar-refractivity contribution is -0.139. The number of carboxylic acids is 1. The van der Waals surface area contributed by atoms with Crippen molar-refractivity contribution in [2.24, 2.45) is 0 Å². The third kappa shape index (κ3) is 3.17. The third-order valence-corrected chi connectivity index (χ3v) is 3.57. The molecular weight excluding hydrogens is 322 g/mol. The molecule has 104 valence electrons. The Hall–Kier alpha value is -1.88. The van der Waals surface area contributed by atoms with Crippen molar-refractivity contribution in [2.75, 3.05) is 0 Å². The third-order valence-electron chi connectivity index (χ3n) is 3.08. The molecule has 2 aromatic carbocycles. The summed E-state index contributed by atoms with van der Waals surface area (Å²) in [5.74, 6) is -1.39. The van der Waals surface area contributed by atoms with Crippen LogP contribution in [-0.2, 0) is 4.79 Å². The molecule has 0 aliphatic heterocycles. The molecule has 1 unspecified atom stereocenters. The van der Waals surface area contributed by atoms with Crippen LogP contribution in [0.1, 0.15) is 23.7 Å². The minimum Gasteiger partial charge on any atom is -0.480 e. The molecule has 0 heterocycles. The molecule has 0 aliphatic carbocycles. The van der Waals surface area contributed by atoms with Gasteiger partial charge in [-0.2, -0.15) is 0 Å². The Morgan fingerprint density at radius 2 is 1.85 bits per heavy atom. The van der Waals surface area contributed by atoms with Crippen LogP contribution in [0.3, 0.4) is 0 Å². The van der Waals surface area contributed by atoms with Gasteiger partial charge in [0.15, 0.2) is 0 Å². The van der Waals surface area contributed by atoms with Crippen LogP contribution in [0, 0.1) is 0 Å². The van der Waals surface area contributed by atoms with E-state index in [0.29, 0.717) is 12.0 Å².